The summed E-state index contributed by atoms with van der Waals surface area (Å²) in [6.45, 7) is 8.83. The Morgan fingerprint density at radius 3 is 2.18 bits per heavy atom. The van der Waals surface area contributed by atoms with Gasteiger partial charge in [-0.15, -0.1) is 0 Å². The van der Waals surface area contributed by atoms with Crippen LogP contribution in [0.1, 0.15) is 39.5 Å². The monoisotopic (exact) mass is 382 g/mol. The van der Waals surface area contributed by atoms with Crippen molar-refractivity contribution >= 4 is 23.5 Å². The smallest absolute Gasteiger partial charge is 0.326 e. The minimum absolute atomic E-state index is 0.313. The fraction of sp³-hybridized carbons (Fsp3) is 0.318. The second-order valence-electron chi connectivity index (χ2n) is 6.87. The molecule has 0 aromatic heterocycles. The van der Waals surface area contributed by atoms with Gasteiger partial charge in [0, 0.05) is 11.3 Å². The van der Waals surface area contributed by atoms with E-state index in [1.54, 1.807) is 12.1 Å². The number of anilines is 1. The lowest BCUT2D eigenvalue weighted by atomic mass is 10.1. The van der Waals surface area contributed by atoms with E-state index in [2.05, 4.69) is 10.6 Å². The van der Waals surface area contributed by atoms with Crippen LogP contribution in [0.3, 0.4) is 0 Å². The minimum Gasteiger partial charge on any atom is -0.451 e. The zero-order chi connectivity index (χ0) is 20.8. The van der Waals surface area contributed by atoms with Crippen LogP contribution in [0.25, 0.3) is 0 Å². The number of carbonyl (C=O) groups excluding carboxylic acids is 3. The summed E-state index contributed by atoms with van der Waals surface area (Å²) in [5.74, 6) is -1.47. The van der Waals surface area contributed by atoms with Crippen molar-refractivity contribution in [3.63, 3.8) is 0 Å². The highest BCUT2D eigenvalue weighted by molar-refractivity contribution is 5.98. The maximum atomic E-state index is 12.3. The SMILES string of the molecule is Cc1ccc(C(=O)NCC(=O)O[C@H](C)C(=O)Nc2c(C)cccc2C)cc1C. The van der Waals surface area contributed by atoms with Crippen LogP contribution >= 0.6 is 0 Å². The third-order valence-corrected chi connectivity index (χ3v) is 4.57. The van der Waals surface area contributed by atoms with Gasteiger partial charge < -0.3 is 15.4 Å². The van der Waals surface area contributed by atoms with Crippen molar-refractivity contribution in [1.82, 2.24) is 5.32 Å². The molecule has 0 heterocycles. The Bertz CT molecular complexity index is 885. The van der Waals surface area contributed by atoms with Crippen LogP contribution in [0.2, 0.25) is 0 Å². The lowest BCUT2D eigenvalue weighted by Crippen LogP contribution is -2.36. The van der Waals surface area contributed by atoms with Crippen LogP contribution in [0.5, 0.6) is 0 Å². The summed E-state index contributed by atoms with van der Waals surface area (Å²) in [5.41, 5.74) is 5.10. The van der Waals surface area contributed by atoms with E-state index in [9.17, 15) is 14.4 Å². The van der Waals surface area contributed by atoms with Crippen LogP contribution < -0.4 is 10.6 Å². The van der Waals surface area contributed by atoms with E-state index in [0.29, 0.717) is 11.3 Å². The van der Waals surface area contributed by atoms with Gasteiger partial charge in [-0.3, -0.25) is 14.4 Å². The van der Waals surface area contributed by atoms with E-state index in [1.165, 1.54) is 6.92 Å². The van der Waals surface area contributed by atoms with Crippen LogP contribution in [0.15, 0.2) is 36.4 Å². The number of aryl methyl sites for hydroxylation is 4. The number of amides is 2. The van der Waals surface area contributed by atoms with Gasteiger partial charge in [-0.05, 0) is 69.0 Å². The molecule has 0 aliphatic carbocycles. The average Bonchev–Trinajstić information content (AvgIpc) is 2.64. The van der Waals surface area contributed by atoms with Gasteiger partial charge in [-0.25, -0.2) is 0 Å². The quantitative estimate of drug-likeness (QED) is 0.752. The van der Waals surface area contributed by atoms with Crippen molar-refractivity contribution in [3.8, 4) is 0 Å². The third-order valence-electron chi connectivity index (χ3n) is 4.57. The Kier molecular flexibility index (Phi) is 6.93. The number of para-hydroxylation sites is 1. The molecular weight excluding hydrogens is 356 g/mol. The van der Waals surface area contributed by atoms with Gasteiger partial charge in [-0.1, -0.05) is 24.3 Å². The number of rotatable bonds is 6. The molecule has 2 aromatic carbocycles. The minimum atomic E-state index is -0.981. The number of nitrogens with one attached hydrogen (secondary N) is 2. The number of esters is 1. The Labute approximate surface area is 165 Å². The Morgan fingerprint density at radius 2 is 1.57 bits per heavy atom. The van der Waals surface area contributed by atoms with Gasteiger partial charge in [0.2, 0.25) is 0 Å². The van der Waals surface area contributed by atoms with Gasteiger partial charge in [-0.2, -0.15) is 0 Å². The van der Waals surface area contributed by atoms with Crippen molar-refractivity contribution in [2.75, 3.05) is 11.9 Å². The number of hydrogen-bond acceptors (Lipinski definition) is 4. The Morgan fingerprint density at radius 1 is 0.929 bits per heavy atom. The fourth-order valence-corrected chi connectivity index (χ4v) is 2.67. The van der Waals surface area contributed by atoms with Crippen molar-refractivity contribution in [2.24, 2.45) is 0 Å². The number of carbonyl (C=O) groups is 3. The standard InChI is InChI=1S/C22H26N2O4/c1-13-9-10-18(11-16(13)4)22(27)23-12-19(25)28-17(5)21(26)24-20-14(2)7-6-8-15(20)3/h6-11,17H,12H2,1-5H3,(H,23,27)(H,24,26)/t17-/m1/s1. The second kappa shape index (κ2) is 9.17. The van der Waals surface area contributed by atoms with Gasteiger partial charge in [0.25, 0.3) is 11.8 Å². The van der Waals surface area contributed by atoms with Gasteiger partial charge in [0.05, 0.1) is 0 Å². The molecule has 148 valence electrons. The molecule has 6 heteroatoms. The highest BCUT2D eigenvalue weighted by Crippen LogP contribution is 2.19. The molecule has 0 spiro atoms. The summed E-state index contributed by atoms with van der Waals surface area (Å²) in [5, 5.41) is 5.29. The Hall–Kier alpha value is -3.15. The highest BCUT2D eigenvalue weighted by Gasteiger charge is 2.19. The molecule has 0 unspecified atom stereocenters. The second-order valence-corrected chi connectivity index (χ2v) is 6.87. The summed E-state index contributed by atoms with van der Waals surface area (Å²) in [7, 11) is 0. The molecule has 6 nitrogen and oxygen atoms in total. The molecule has 2 N–H and O–H groups in total. The van der Waals surface area contributed by atoms with E-state index in [4.69, 9.17) is 4.74 Å². The normalized spacial score (nSPS) is 11.5. The maximum absolute atomic E-state index is 12.3. The summed E-state index contributed by atoms with van der Waals surface area (Å²) in [6.07, 6.45) is -0.981. The first-order chi connectivity index (χ1) is 13.2. The van der Waals surface area contributed by atoms with Crippen LogP contribution in [0.4, 0.5) is 5.69 Å². The van der Waals surface area contributed by atoms with Crippen LogP contribution in [0, 0.1) is 27.7 Å². The number of ether oxygens (including phenoxy) is 1. The first-order valence-corrected chi connectivity index (χ1v) is 9.11. The van der Waals surface area contributed by atoms with Crippen molar-refractivity contribution in [3.05, 3.63) is 64.2 Å². The molecule has 1 atom stereocenters. The summed E-state index contributed by atoms with van der Waals surface area (Å²) in [6, 6.07) is 11.0. The predicted molar refractivity (Wildman–Crippen MR) is 108 cm³/mol. The molecule has 2 amide bonds. The van der Waals surface area contributed by atoms with Gasteiger partial charge in [0.15, 0.2) is 6.10 Å². The van der Waals surface area contributed by atoms with E-state index in [0.717, 1.165) is 22.3 Å². The predicted octanol–water partition coefficient (Wildman–Crippen LogP) is 3.22. The van der Waals surface area contributed by atoms with E-state index < -0.39 is 18.0 Å². The first-order valence-electron chi connectivity index (χ1n) is 9.11. The topological polar surface area (TPSA) is 84.5 Å². The Balaban J connectivity index is 1.87. The molecule has 0 saturated carbocycles. The largest absolute Gasteiger partial charge is 0.451 e. The number of hydrogen-bond donors (Lipinski definition) is 2. The summed E-state index contributed by atoms with van der Waals surface area (Å²) in [4.78, 5) is 36.4. The zero-order valence-electron chi connectivity index (χ0n) is 16.9. The molecular formula is C22H26N2O4. The summed E-state index contributed by atoms with van der Waals surface area (Å²) < 4.78 is 5.13. The molecule has 0 aliphatic heterocycles. The molecule has 2 rings (SSSR count). The molecule has 0 radical (unpaired) electrons. The molecule has 2 aromatic rings. The average molecular weight is 382 g/mol. The van der Waals surface area contributed by atoms with E-state index in [1.807, 2.05) is 52.0 Å². The van der Waals surface area contributed by atoms with E-state index in [-0.39, 0.29) is 12.5 Å². The van der Waals surface area contributed by atoms with Crippen molar-refractivity contribution in [1.29, 1.82) is 0 Å². The molecule has 0 saturated heterocycles. The molecule has 0 bridgehead atoms. The summed E-state index contributed by atoms with van der Waals surface area (Å²) >= 11 is 0. The first kappa shape index (κ1) is 21.2. The maximum Gasteiger partial charge on any atom is 0.326 e. The van der Waals surface area contributed by atoms with E-state index >= 15 is 0 Å². The van der Waals surface area contributed by atoms with Gasteiger partial charge in [0.1, 0.15) is 6.54 Å². The number of benzene rings is 2. The van der Waals surface area contributed by atoms with Crippen molar-refractivity contribution in [2.45, 2.75) is 40.7 Å². The molecule has 28 heavy (non-hydrogen) atoms. The molecule has 0 fully saturated rings. The molecule has 0 aliphatic rings. The lowest BCUT2D eigenvalue weighted by Gasteiger charge is -2.16. The zero-order valence-corrected chi connectivity index (χ0v) is 16.9. The van der Waals surface area contributed by atoms with Crippen LogP contribution in [-0.2, 0) is 14.3 Å². The lowest BCUT2D eigenvalue weighted by molar-refractivity contribution is -0.152. The van der Waals surface area contributed by atoms with Crippen LogP contribution in [-0.4, -0.2) is 30.4 Å². The van der Waals surface area contributed by atoms with Gasteiger partial charge >= 0.3 is 5.97 Å². The highest BCUT2D eigenvalue weighted by atomic mass is 16.5. The fourth-order valence-electron chi connectivity index (χ4n) is 2.67. The third kappa shape index (κ3) is 5.42. The van der Waals surface area contributed by atoms with Crippen molar-refractivity contribution < 1.29 is 19.1 Å².